The molecule has 1 saturated heterocycles. The van der Waals surface area contributed by atoms with Gasteiger partial charge in [-0.25, -0.2) is 9.37 Å². The molecule has 2 aromatic rings. The minimum absolute atomic E-state index is 0.0878. The van der Waals surface area contributed by atoms with Crippen molar-refractivity contribution in [3.8, 4) is 5.75 Å². The molecule has 1 fully saturated rings. The number of piperidine rings is 1. The van der Waals surface area contributed by atoms with Crippen molar-refractivity contribution in [2.24, 2.45) is 0 Å². The molecule has 1 N–H and O–H groups in total. The van der Waals surface area contributed by atoms with Gasteiger partial charge in [-0.05, 0) is 19.1 Å². The predicted molar refractivity (Wildman–Crippen MR) is 94.8 cm³/mol. The Kier molecular flexibility index (Phi) is 4.89. The van der Waals surface area contributed by atoms with E-state index in [0.29, 0.717) is 32.5 Å². The Balaban J connectivity index is 1.71. The number of amides is 1. The van der Waals surface area contributed by atoms with Crippen LogP contribution in [0, 0.1) is 0 Å². The van der Waals surface area contributed by atoms with E-state index in [0.717, 1.165) is 21.1 Å². The third-order valence-electron chi connectivity index (χ3n) is 4.25. The Morgan fingerprint density at radius 3 is 2.88 bits per heavy atom. The Hall–Kier alpha value is -1.89. The van der Waals surface area contributed by atoms with Gasteiger partial charge in [-0.1, -0.05) is 17.4 Å². The number of carbonyl (C=O) groups is 1. The first kappa shape index (κ1) is 17.0. The summed E-state index contributed by atoms with van der Waals surface area (Å²) in [6.45, 7) is 5.25. The molecule has 24 heavy (non-hydrogen) atoms. The third-order valence-corrected chi connectivity index (χ3v) is 5.34. The van der Waals surface area contributed by atoms with E-state index in [-0.39, 0.29) is 12.5 Å². The highest BCUT2D eigenvalue weighted by molar-refractivity contribution is 7.22. The quantitative estimate of drug-likeness (QED) is 0.899. The average Bonchev–Trinajstić information content (AvgIpc) is 2.99. The van der Waals surface area contributed by atoms with E-state index in [1.165, 1.54) is 6.92 Å². The molecule has 1 amide bonds. The van der Waals surface area contributed by atoms with Crippen LogP contribution in [0.3, 0.4) is 0 Å². The zero-order valence-corrected chi connectivity index (χ0v) is 14.8. The molecule has 2 heterocycles. The number of hydrogen-bond acceptors (Lipinski definition) is 5. The molecule has 0 radical (unpaired) electrons. The third kappa shape index (κ3) is 3.61. The molecule has 7 heteroatoms. The molecule has 0 unspecified atom stereocenters. The largest absolute Gasteiger partial charge is 0.492 e. The predicted octanol–water partition coefficient (Wildman–Crippen LogP) is 3.14. The van der Waals surface area contributed by atoms with Crippen molar-refractivity contribution < 1.29 is 13.9 Å². The second-order valence-electron chi connectivity index (χ2n) is 6.08. The lowest BCUT2D eigenvalue weighted by molar-refractivity contribution is -0.119. The van der Waals surface area contributed by atoms with Gasteiger partial charge in [0, 0.05) is 32.9 Å². The van der Waals surface area contributed by atoms with Crippen LogP contribution in [0.4, 0.5) is 9.52 Å². The van der Waals surface area contributed by atoms with Crippen molar-refractivity contribution in [3.63, 3.8) is 0 Å². The molecule has 3 rings (SSSR count). The van der Waals surface area contributed by atoms with E-state index < -0.39 is 5.67 Å². The second-order valence-corrected chi connectivity index (χ2v) is 7.09. The van der Waals surface area contributed by atoms with Gasteiger partial charge < -0.3 is 15.0 Å². The van der Waals surface area contributed by atoms with Gasteiger partial charge in [0.05, 0.1) is 17.9 Å². The van der Waals surface area contributed by atoms with E-state index in [1.807, 2.05) is 25.1 Å². The maximum Gasteiger partial charge on any atom is 0.216 e. The molecular formula is C17H22FN3O2S. The molecule has 1 aromatic carbocycles. The van der Waals surface area contributed by atoms with E-state index >= 15 is 0 Å². The van der Waals surface area contributed by atoms with Crippen LogP contribution in [0.5, 0.6) is 5.75 Å². The number of aromatic nitrogens is 1. The van der Waals surface area contributed by atoms with Gasteiger partial charge >= 0.3 is 0 Å². The van der Waals surface area contributed by atoms with E-state index in [9.17, 15) is 9.18 Å². The number of benzene rings is 1. The van der Waals surface area contributed by atoms with Crippen molar-refractivity contribution in [2.75, 3.05) is 31.1 Å². The molecule has 130 valence electrons. The number of ether oxygens (including phenoxy) is 1. The van der Waals surface area contributed by atoms with Crippen molar-refractivity contribution in [3.05, 3.63) is 18.2 Å². The number of fused-ring (bicyclic) bond motifs is 1. The van der Waals surface area contributed by atoms with Gasteiger partial charge in [-0.15, -0.1) is 0 Å². The summed E-state index contributed by atoms with van der Waals surface area (Å²) < 4.78 is 21.4. The summed E-state index contributed by atoms with van der Waals surface area (Å²) in [5.74, 6) is 0.601. The SMILES string of the molecule is CCOc1cccc2sc(N3CCC(F)(CNC(C)=O)CC3)nc12. The van der Waals surface area contributed by atoms with Crippen molar-refractivity contribution in [1.29, 1.82) is 0 Å². The molecule has 0 spiro atoms. The van der Waals surface area contributed by atoms with Gasteiger partial charge in [0.15, 0.2) is 5.13 Å². The standard InChI is InChI=1S/C17H22FN3O2S/c1-3-23-13-5-4-6-14-15(13)20-16(24-14)21-9-7-17(18,8-10-21)11-19-12(2)22/h4-6H,3,7-11H2,1-2H3,(H,19,22). The first-order valence-electron chi connectivity index (χ1n) is 8.21. The first-order valence-corrected chi connectivity index (χ1v) is 9.03. The number of hydrogen-bond donors (Lipinski definition) is 1. The van der Waals surface area contributed by atoms with Crippen LogP contribution in [0.2, 0.25) is 0 Å². The van der Waals surface area contributed by atoms with Gasteiger partial charge in [-0.2, -0.15) is 0 Å². The lowest BCUT2D eigenvalue weighted by Crippen LogP contribution is -2.48. The van der Waals surface area contributed by atoms with Gasteiger partial charge in [-0.3, -0.25) is 4.79 Å². The molecule has 0 bridgehead atoms. The summed E-state index contributed by atoms with van der Waals surface area (Å²) in [7, 11) is 0. The van der Waals surface area contributed by atoms with Crippen LogP contribution in [0.1, 0.15) is 26.7 Å². The first-order chi connectivity index (χ1) is 11.5. The normalized spacial score (nSPS) is 17.0. The lowest BCUT2D eigenvalue weighted by atomic mass is 9.93. The van der Waals surface area contributed by atoms with Crippen molar-refractivity contribution >= 4 is 32.6 Å². The summed E-state index contributed by atoms with van der Waals surface area (Å²) in [6, 6.07) is 5.91. The van der Waals surface area contributed by atoms with Gasteiger partial charge in [0.25, 0.3) is 0 Å². The van der Waals surface area contributed by atoms with Crippen LogP contribution < -0.4 is 15.0 Å². The summed E-state index contributed by atoms with van der Waals surface area (Å²) in [5.41, 5.74) is -0.454. The number of nitrogens with zero attached hydrogens (tertiary/aromatic N) is 2. The molecule has 1 aromatic heterocycles. The van der Waals surface area contributed by atoms with E-state index in [4.69, 9.17) is 9.72 Å². The fourth-order valence-electron chi connectivity index (χ4n) is 2.88. The Morgan fingerprint density at radius 1 is 1.46 bits per heavy atom. The lowest BCUT2D eigenvalue weighted by Gasteiger charge is -2.36. The van der Waals surface area contributed by atoms with Crippen LogP contribution in [0.15, 0.2) is 18.2 Å². The highest BCUT2D eigenvalue weighted by Crippen LogP contribution is 2.36. The van der Waals surface area contributed by atoms with Crippen LogP contribution in [-0.2, 0) is 4.79 Å². The maximum absolute atomic E-state index is 14.7. The molecular weight excluding hydrogens is 329 g/mol. The summed E-state index contributed by atoms with van der Waals surface area (Å²) in [6.07, 6.45) is 0.781. The van der Waals surface area contributed by atoms with Gasteiger partial charge in [0.2, 0.25) is 5.91 Å². The van der Waals surface area contributed by atoms with E-state index in [2.05, 4.69) is 10.2 Å². The number of carbonyl (C=O) groups excluding carboxylic acids is 1. The molecule has 0 aliphatic carbocycles. The number of thiazole rings is 1. The molecule has 0 saturated carbocycles. The topological polar surface area (TPSA) is 54.5 Å². The number of para-hydroxylation sites is 1. The number of rotatable bonds is 5. The molecule has 1 aliphatic rings. The Labute approximate surface area is 144 Å². The van der Waals surface area contributed by atoms with Crippen molar-refractivity contribution in [1.82, 2.24) is 10.3 Å². The highest BCUT2D eigenvalue weighted by Gasteiger charge is 2.35. The monoisotopic (exact) mass is 351 g/mol. The number of alkyl halides is 1. The number of nitrogens with one attached hydrogen (secondary N) is 1. The molecule has 5 nitrogen and oxygen atoms in total. The average molecular weight is 351 g/mol. The summed E-state index contributed by atoms with van der Waals surface area (Å²) >= 11 is 1.60. The fraction of sp³-hybridized carbons (Fsp3) is 0.529. The number of anilines is 1. The zero-order chi connectivity index (χ0) is 17.2. The minimum atomic E-state index is -1.32. The molecule has 0 atom stereocenters. The number of halogens is 1. The van der Waals surface area contributed by atoms with Crippen LogP contribution >= 0.6 is 11.3 Å². The smallest absolute Gasteiger partial charge is 0.216 e. The minimum Gasteiger partial charge on any atom is -0.492 e. The fourth-order valence-corrected chi connectivity index (χ4v) is 3.91. The van der Waals surface area contributed by atoms with E-state index in [1.54, 1.807) is 11.3 Å². The summed E-state index contributed by atoms with van der Waals surface area (Å²) in [4.78, 5) is 17.8. The van der Waals surface area contributed by atoms with Crippen molar-refractivity contribution in [2.45, 2.75) is 32.4 Å². The van der Waals surface area contributed by atoms with Crippen LogP contribution in [-0.4, -0.2) is 42.8 Å². The zero-order valence-electron chi connectivity index (χ0n) is 14.0. The maximum atomic E-state index is 14.7. The van der Waals surface area contributed by atoms with Gasteiger partial charge in [0.1, 0.15) is 16.9 Å². The summed E-state index contributed by atoms with van der Waals surface area (Å²) in [5, 5.41) is 3.49. The molecule has 1 aliphatic heterocycles. The Morgan fingerprint density at radius 2 is 2.21 bits per heavy atom. The Bertz CT molecular complexity index is 726. The highest BCUT2D eigenvalue weighted by atomic mass is 32.1. The second kappa shape index (κ2) is 6.93. The van der Waals surface area contributed by atoms with Crippen LogP contribution in [0.25, 0.3) is 10.2 Å².